The highest BCUT2D eigenvalue weighted by Crippen LogP contribution is 2.53. The molecule has 3 heteroatoms. The standard InChI is InChI=1S/C11H14BrNO/c1-7(13)11(5-6-11)8-3-2-4-9(12)10(8)14/h2-4,7,14H,5-6,13H2,1H3. The maximum absolute atomic E-state index is 9.92. The second kappa shape index (κ2) is 3.24. The molecule has 1 aromatic carbocycles. The van der Waals surface area contributed by atoms with Gasteiger partial charge in [0.15, 0.2) is 0 Å². The van der Waals surface area contributed by atoms with Crippen molar-refractivity contribution >= 4 is 15.9 Å². The third-order valence-corrected chi connectivity index (χ3v) is 3.82. The fraction of sp³-hybridized carbons (Fsp3) is 0.455. The van der Waals surface area contributed by atoms with Crippen LogP contribution in [0.4, 0.5) is 0 Å². The first-order chi connectivity index (χ1) is 6.58. The van der Waals surface area contributed by atoms with Gasteiger partial charge in [-0.15, -0.1) is 0 Å². The van der Waals surface area contributed by atoms with E-state index in [0.29, 0.717) is 5.75 Å². The normalized spacial score (nSPS) is 20.5. The first kappa shape index (κ1) is 9.99. The monoisotopic (exact) mass is 255 g/mol. The van der Waals surface area contributed by atoms with Crippen molar-refractivity contribution in [1.82, 2.24) is 0 Å². The Morgan fingerprint density at radius 3 is 2.64 bits per heavy atom. The molecule has 0 amide bonds. The summed E-state index contributed by atoms with van der Waals surface area (Å²) in [5.74, 6) is 0.349. The van der Waals surface area contributed by atoms with Gasteiger partial charge in [-0.05, 0) is 41.8 Å². The van der Waals surface area contributed by atoms with Crippen LogP contribution in [0.25, 0.3) is 0 Å². The Bertz CT molecular complexity index is 358. The molecule has 2 rings (SSSR count). The number of aromatic hydroxyl groups is 1. The van der Waals surface area contributed by atoms with Crippen LogP contribution in [-0.2, 0) is 5.41 Å². The number of rotatable bonds is 2. The van der Waals surface area contributed by atoms with E-state index in [0.717, 1.165) is 22.9 Å². The predicted octanol–water partition coefficient (Wildman–Crippen LogP) is 2.53. The maximum atomic E-state index is 9.92. The van der Waals surface area contributed by atoms with Crippen molar-refractivity contribution in [3.8, 4) is 5.75 Å². The lowest BCUT2D eigenvalue weighted by Crippen LogP contribution is -2.31. The minimum Gasteiger partial charge on any atom is -0.506 e. The van der Waals surface area contributed by atoms with E-state index in [1.54, 1.807) is 0 Å². The number of benzene rings is 1. The van der Waals surface area contributed by atoms with Gasteiger partial charge >= 0.3 is 0 Å². The number of phenols is 1. The average molecular weight is 256 g/mol. The summed E-state index contributed by atoms with van der Waals surface area (Å²) in [5, 5.41) is 9.92. The first-order valence-electron chi connectivity index (χ1n) is 4.81. The average Bonchev–Trinajstić information content (AvgIpc) is 2.90. The van der Waals surface area contributed by atoms with Crippen molar-refractivity contribution in [2.45, 2.75) is 31.2 Å². The third-order valence-electron chi connectivity index (χ3n) is 3.18. The highest BCUT2D eigenvalue weighted by Gasteiger charge is 2.49. The van der Waals surface area contributed by atoms with Crippen LogP contribution in [0.15, 0.2) is 22.7 Å². The van der Waals surface area contributed by atoms with Crippen molar-refractivity contribution in [2.75, 3.05) is 0 Å². The number of para-hydroxylation sites is 1. The van der Waals surface area contributed by atoms with Crippen LogP contribution in [-0.4, -0.2) is 11.1 Å². The molecule has 1 fully saturated rings. The molecule has 0 bridgehead atoms. The Morgan fingerprint density at radius 1 is 1.50 bits per heavy atom. The molecule has 0 radical (unpaired) electrons. The van der Waals surface area contributed by atoms with Crippen LogP contribution in [0, 0.1) is 0 Å². The second-order valence-electron chi connectivity index (χ2n) is 4.08. The summed E-state index contributed by atoms with van der Waals surface area (Å²) in [7, 11) is 0. The number of hydrogen-bond donors (Lipinski definition) is 2. The molecule has 0 heterocycles. The Hall–Kier alpha value is -0.540. The minimum atomic E-state index is 0.0217. The summed E-state index contributed by atoms with van der Waals surface area (Å²) < 4.78 is 0.752. The molecule has 1 aromatic rings. The summed E-state index contributed by atoms with van der Waals surface area (Å²) in [5.41, 5.74) is 6.97. The van der Waals surface area contributed by atoms with Crippen LogP contribution in [0.3, 0.4) is 0 Å². The summed E-state index contributed by atoms with van der Waals surface area (Å²) in [6.07, 6.45) is 2.16. The number of phenolic OH excluding ortho intramolecular Hbond substituents is 1. The van der Waals surface area contributed by atoms with Crippen LogP contribution >= 0.6 is 15.9 Å². The quantitative estimate of drug-likeness (QED) is 0.854. The van der Waals surface area contributed by atoms with E-state index < -0.39 is 0 Å². The van der Waals surface area contributed by atoms with Crippen molar-refractivity contribution < 1.29 is 5.11 Å². The molecular weight excluding hydrogens is 242 g/mol. The van der Waals surface area contributed by atoms with Crippen LogP contribution in [0.1, 0.15) is 25.3 Å². The zero-order chi connectivity index (χ0) is 10.3. The zero-order valence-corrected chi connectivity index (χ0v) is 9.71. The van der Waals surface area contributed by atoms with E-state index in [9.17, 15) is 5.11 Å². The molecule has 1 saturated carbocycles. The number of halogens is 1. The Labute approximate surface area is 92.3 Å². The minimum absolute atomic E-state index is 0.0217. The lowest BCUT2D eigenvalue weighted by molar-refractivity contribution is 0.443. The smallest absolute Gasteiger partial charge is 0.133 e. The SMILES string of the molecule is CC(N)C1(c2cccc(Br)c2O)CC1. The molecule has 0 aliphatic heterocycles. The molecule has 0 spiro atoms. The molecule has 14 heavy (non-hydrogen) atoms. The summed E-state index contributed by atoms with van der Waals surface area (Å²) in [6.45, 7) is 2.01. The lowest BCUT2D eigenvalue weighted by atomic mass is 9.89. The number of hydrogen-bond acceptors (Lipinski definition) is 2. The maximum Gasteiger partial charge on any atom is 0.133 e. The van der Waals surface area contributed by atoms with Gasteiger partial charge in [0.2, 0.25) is 0 Å². The van der Waals surface area contributed by atoms with Gasteiger partial charge in [-0.1, -0.05) is 12.1 Å². The molecule has 76 valence electrons. The molecule has 1 aliphatic rings. The van der Waals surface area contributed by atoms with E-state index in [1.807, 2.05) is 25.1 Å². The van der Waals surface area contributed by atoms with Gasteiger partial charge in [0, 0.05) is 17.0 Å². The topological polar surface area (TPSA) is 46.2 Å². The second-order valence-corrected chi connectivity index (χ2v) is 4.94. The van der Waals surface area contributed by atoms with Crippen molar-refractivity contribution in [1.29, 1.82) is 0 Å². The highest BCUT2D eigenvalue weighted by molar-refractivity contribution is 9.10. The van der Waals surface area contributed by atoms with E-state index in [1.165, 1.54) is 0 Å². The van der Waals surface area contributed by atoms with Gasteiger partial charge in [0.1, 0.15) is 5.75 Å². The first-order valence-corrected chi connectivity index (χ1v) is 5.61. The van der Waals surface area contributed by atoms with Crippen molar-refractivity contribution in [3.05, 3.63) is 28.2 Å². The van der Waals surface area contributed by atoms with Crippen molar-refractivity contribution in [3.63, 3.8) is 0 Å². The Morgan fingerprint density at radius 2 is 2.14 bits per heavy atom. The van der Waals surface area contributed by atoms with Crippen LogP contribution < -0.4 is 5.73 Å². The molecule has 2 nitrogen and oxygen atoms in total. The molecule has 0 saturated heterocycles. The van der Waals surface area contributed by atoms with E-state index in [4.69, 9.17) is 5.73 Å². The fourth-order valence-corrected chi connectivity index (χ4v) is 2.39. The third kappa shape index (κ3) is 1.35. The van der Waals surface area contributed by atoms with Crippen LogP contribution in [0.2, 0.25) is 0 Å². The van der Waals surface area contributed by atoms with Gasteiger partial charge in [-0.3, -0.25) is 0 Å². The molecule has 0 aromatic heterocycles. The molecule has 3 N–H and O–H groups in total. The van der Waals surface area contributed by atoms with Gasteiger partial charge in [0.05, 0.1) is 4.47 Å². The molecule has 1 unspecified atom stereocenters. The molecule has 1 aliphatic carbocycles. The summed E-state index contributed by atoms with van der Waals surface area (Å²) in [4.78, 5) is 0. The molecule has 1 atom stereocenters. The van der Waals surface area contributed by atoms with E-state index >= 15 is 0 Å². The van der Waals surface area contributed by atoms with Gasteiger partial charge in [0.25, 0.3) is 0 Å². The summed E-state index contributed by atoms with van der Waals surface area (Å²) >= 11 is 3.32. The van der Waals surface area contributed by atoms with Gasteiger partial charge in [-0.25, -0.2) is 0 Å². The van der Waals surface area contributed by atoms with Gasteiger partial charge < -0.3 is 10.8 Å². The lowest BCUT2D eigenvalue weighted by Gasteiger charge is -2.21. The zero-order valence-electron chi connectivity index (χ0n) is 8.13. The van der Waals surface area contributed by atoms with Crippen LogP contribution in [0.5, 0.6) is 5.75 Å². The number of nitrogens with two attached hydrogens (primary N) is 1. The molecular formula is C11H14BrNO. The van der Waals surface area contributed by atoms with Crippen molar-refractivity contribution in [2.24, 2.45) is 5.73 Å². The largest absolute Gasteiger partial charge is 0.506 e. The van der Waals surface area contributed by atoms with E-state index in [2.05, 4.69) is 15.9 Å². The Kier molecular flexibility index (Phi) is 2.32. The highest BCUT2D eigenvalue weighted by atomic mass is 79.9. The van der Waals surface area contributed by atoms with Gasteiger partial charge in [-0.2, -0.15) is 0 Å². The Balaban J connectivity index is 2.47. The van der Waals surface area contributed by atoms with E-state index in [-0.39, 0.29) is 11.5 Å². The predicted molar refractivity (Wildman–Crippen MR) is 60.4 cm³/mol. The summed E-state index contributed by atoms with van der Waals surface area (Å²) in [6, 6.07) is 5.86. The fourth-order valence-electron chi connectivity index (χ4n) is 2.02.